The molecule has 3 N–H and O–H groups in total. The molecule has 0 aliphatic heterocycles. The van der Waals surface area contributed by atoms with Gasteiger partial charge in [0.05, 0.1) is 19.3 Å². The first kappa shape index (κ1) is 13.0. The van der Waals surface area contributed by atoms with Crippen LogP contribution in [0.4, 0.5) is 0 Å². The molecule has 0 bridgehead atoms. The van der Waals surface area contributed by atoms with Crippen LogP contribution in [0.3, 0.4) is 0 Å². The number of amides is 1. The summed E-state index contributed by atoms with van der Waals surface area (Å²) in [6.07, 6.45) is 0. The predicted octanol–water partition coefficient (Wildman–Crippen LogP) is -0.344. The van der Waals surface area contributed by atoms with Crippen molar-refractivity contribution in [2.75, 3.05) is 13.7 Å². The molecular formula is C11H13NO5. The highest BCUT2D eigenvalue weighted by Crippen LogP contribution is 2.15. The van der Waals surface area contributed by atoms with E-state index in [0.29, 0.717) is 0 Å². The van der Waals surface area contributed by atoms with Crippen molar-refractivity contribution in [3.8, 4) is 5.75 Å². The Morgan fingerprint density at radius 2 is 2.06 bits per heavy atom. The maximum absolute atomic E-state index is 11.7. The number of aliphatic hydroxyl groups excluding tert-OH is 1. The molecular weight excluding hydrogens is 226 g/mol. The van der Waals surface area contributed by atoms with Gasteiger partial charge in [-0.05, 0) is 12.1 Å². The molecule has 1 aromatic rings. The summed E-state index contributed by atoms with van der Waals surface area (Å²) < 4.78 is 4.39. The van der Waals surface area contributed by atoms with Gasteiger partial charge in [0.25, 0.3) is 5.91 Å². The summed E-state index contributed by atoms with van der Waals surface area (Å²) in [5.74, 6) is -1.62. The van der Waals surface area contributed by atoms with E-state index in [9.17, 15) is 14.7 Å². The zero-order valence-corrected chi connectivity index (χ0v) is 9.21. The number of phenolic OH excluding ortho intramolecular Hbond substituents is 1. The number of carbonyl (C=O) groups is 2. The number of benzene rings is 1. The van der Waals surface area contributed by atoms with Gasteiger partial charge < -0.3 is 20.3 Å². The fourth-order valence-corrected chi connectivity index (χ4v) is 1.22. The van der Waals surface area contributed by atoms with Crippen molar-refractivity contribution in [1.29, 1.82) is 0 Å². The minimum absolute atomic E-state index is 0.0230. The Hall–Kier alpha value is -2.08. The van der Waals surface area contributed by atoms with Gasteiger partial charge in [-0.3, -0.25) is 4.79 Å². The maximum atomic E-state index is 11.7. The number of rotatable bonds is 4. The van der Waals surface area contributed by atoms with Crippen LogP contribution in [-0.4, -0.2) is 41.8 Å². The van der Waals surface area contributed by atoms with Crippen molar-refractivity contribution in [1.82, 2.24) is 5.32 Å². The van der Waals surface area contributed by atoms with Gasteiger partial charge in [-0.15, -0.1) is 0 Å². The quantitative estimate of drug-likeness (QED) is 0.624. The van der Waals surface area contributed by atoms with Crippen LogP contribution in [-0.2, 0) is 9.53 Å². The number of esters is 1. The van der Waals surface area contributed by atoms with E-state index in [1.807, 2.05) is 0 Å². The maximum Gasteiger partial charge on any atom is 0.330 e. The Labute approximate surface area is 97.8 Å². The summed E-state index contributed by atoms with van der Waals surface area (Å²) in [5.41, 5.74) is 0.0230. The number of nitrogens with one attached hydrogen (secondary N) is 1. The summed E-state index contributed by atoms with van der Waals surface area (Å²) in [4.78, 5) is 22.8. The Morgan fingerprint density at radius 3 is 2.59 bits per heavy atom. The topological polar surface area (TPSA) is 95.9 Å². The number of aliphatic hydroxyl groups is 1. The van der Waals surface area contributed by atoms with Crippen molar-refractivity contribution in [2.24, 2.45) is 0 Å². The van der Waals surface area contributed by atoms with E-state index < -0.39 is 24.5 Å². The summed E-state index contributed by atoms with van der Waals surface area (Å²) in [5, 5.41) is 20.6. The van der Waals surface area contributed by atoms with Gasteiger partial charge >= 0.3 is 5.97 Å². The van der Waals surface area contributed by atoms with Gasteiger partial charge in [0, 0.05) is 0 Å². The van der Waals surface area contributed by atoms with Crippen LogP contribution in [0.2, 0.25) is 0 Å². The lowest BCUT2D eigenvalue weighted by molar-refractivity contribution is -0.143. The Balaban J connectivity index is 2.78. The van der Waals surface area contributed by atoms with Crippen LogP contribution < -0.4 is 5.32 Å². The van der Waals surface area contributed by atoms with Gasteiger partial charge in [-0.1, -0.05) is 12.1 Å². The van der Waals surface area contributed by atoms with Crippen molar-refractivity contribution in [3.63, 3.8) is 0 Å². The summed E-state index contributed by atoms with van der Waals surface area (Å²) in [6.45, 7) is -0.577. The van der Waals surface area contributed by atoms with Crippen molar-refractivity contribution in [2.45, 2.75) is 6.04 Å². The first-order valence-corrected chi connectivity index (χ1v) is 4.87. The van der Waals surface area contributed by atoms with Gasteiger partial charge in [-0.2, -0.15) is 0 Å². The highest BCUT2D eigenvalue weighted by Gasteiger charge is 2.22. The van der Waals surface area contributed by atoms with E-state index in [-0.39, 0.29) is 11.3 Å². The second-order valence-electron chi connectivity index (χ2n) is 3.25. The second kappa shape index (κ2) is 5.86. The molecule has 17 heavy (non-hydrogen) atoms. The third-order valence-electron chi connectivity index (χ3n) is 2.12. The fraction of sp³-hybridized carbons (Fsp3) is 0.273. The number of aromatic hydroxyl groups is 1. The first-order chi connectivity index (χ1) is 8.10. The largest absolute Gasteiger partial charge is 0.507 e. The SMILES string of the molecule is COC(=O)C(CO)NC(=O)c1ccccc1O. The number of carbonyl (C=O) groups excluding carboxylic acids is 2. The third-order valence-corrected chi connectivity index (χ3v) is 2.12. The molecule has 92 valence electrons. The second-order valence-corrected chi connectivity index (χ2v) is 3.25. The van der Waals surface area contributed by atoms with Gasteiger partial charge in [0.15, 0.2) is 6.04 Å². The Morgan fingerprint density at radius 1 is 1.41 bits per heavy atom. The van der Waals surface area contributed by atoms with Gasteiger partial charge in [-0.25, -0.2) is 4.79 Å². The van der Waals surface area contributed by atoms with Gasteiger partial charge in [0.1, 0.15) is 5.75 Å². The number of phenols is 1. The average Bonchev–Trinajstić information content (AvgIpc) is 2.35. The number of hydrogen-bond donors (Lipinski definition) is 3. The van der Waals surface area contributed by atoms with Crippen LogP contribution in [0, 0.1) is 0 Å². The highest BCUT2D eigenvalue weighted by molar-refractivity contribution is 5.98. The van der Waals surface area contributed by atoms with E-state index in [1.54, 1.807) is 12.1 Å². The van der Waals surface area contributed by atoms with E-state index in [0.717, 1.165) is 7.11 Å². The molecule has 1 unspecified atom stereocenters. The van der Waals surface area contributed by atoms with Crippen LogP contribution in [0.25, 0.3) is 0 Å². The van der Waals surface area contributed by atoms with Crippen molar-refractivity contribution >= 4 is 11.9 Å². The molecule has 1 amide bonds. The number of ether oxygens (including phenoxy) is 1. The molecule has 0 radical (unpaired) electrons. The molecule has 1 atom stereocenters. The smallest absolute Gasteiger partial charge is 0.330 e. The molecule has 0 aromatic heterocycles. The molecule has 0 spiro atoms. The molecule has 1 aromatic carbocycles. The molecule has 6 nitrogen and oxygen atoms in total. The summed E-state index contributed by atoms with van der Waals surface area (Å²) in [7, 11) is 1.15. The van der Waals surface area contributed by atoms with Gasteiger partial charge in [0.2, 0.25) is 0 Å². The predicted molar refractivity (Wildman–Crippen MR) is 58.5 cm³/mol. The van der Waals surface area contributed by atoms with E-state index in [1.165, 1.54) is 12.1 Å². The number of para-hydroxylation sites is 1. The molecule has 0 saturated heterocycles. The van der Waals surface area contributed by atoms with E-state index >= 15 is 0 Å². The molecule has 0 saturated carbocycles. The average molecular weight is 239 g/mol. The van der Waals surface area contributed by atoms with E-state index in [4.69, 9.17) is 5.11 Å². The van der Waals surface area contributed by atoms with Crippen LogP contribution >= 0.6 is 0 Å². The van der Waals surface area contributed by atoms with Crippen molar-refractivity contribution < 1.29 is 24.5 Å². The zero-order chi connectivity index (χ0) is 12.8. The molecule has 0 heterocycles. The standard InChI is InChI=1S/C11H13NO5/c1-17-11(16)8(6-13)12-10(15)7-4-2-3-5-9(7)14/h2-5,8,13-14H,6H2,1H3,(H,12,15). The van der Waals surface area contributed by atoms with Crippen LogP contribution in [0.5, 0.6) is 5.75 Å². The number of methoxy groups -OCH3 is 1. The lowest BCUT2D eigenvalue weighted by atomic mass is 10.1. The first-order valence-electron chi connectivity index (χ1n) is 4.87. The van der Waals surface area contributed by atoms with Crippen LogP contribution in [0.1, 0.15) is 10.4 Å². The lowest BCUT2D eigenvalue weighted by Gasteiger charge is -2.14. The normalized spacial score (nSPS) is 11.6. The Kier molecular flexibility index (Phi) is 4.47. The summed E-state index contributed by atoms with van der Waals surface area (Å²) >= 11 is 0. The zero-order valence-electron chi connectivity index (χ0n) is 9.21. The molecule has 1 rings (SSSR count). The minimum Gasteiger partial charge on any atom is -0.507 e. The fourth-order valence-electron chi connectivity index (χ4n) is 1.22. The van der Waals surface area contributed by atoms with E-state index in [2.05, 4.69) is 10.1 Å². The Bertz CT molecular complexity index is 418. The lowest BCUT2D eigenvalue weighted by Crippen LogP contribution is -2.44. The molecule has 0 fully saturated rings. The molecule has 0 aliphatic rings. The third kappa shape index (κ3) is 3.18. The molecule has 6 heteroatoms. The minimum atomic E-state index is -1.15. The molecule has 0 aliphatic carbocycles. The summed E-state index contributed by atoms with van der Waals surface area (Å²) in [6, 6.07) is 4.74. The van der Waals surface area contributed by atoms with Crippen LogP contribution in [0.15, 0.2) is 24.3 Å². The number of hydrogen-bond acceptors (Lipinski definition) is 5. The van der Waals surface area contributed by atoms with Crippen molar-refractivity contribution in [3.05, 3.63) is 29.8 Å². The monoisotopic (exact) mass is 239 g/mol. The highest BCUT2D eigenvalue weighted by atomic mass is 16.5.